The number of pyridine rings is 1. The molecule has 0 fully saturated rings. The van der Waals surface area contributed by atoms with Crippen molar-refractivity contribution in [2.45, 2.75) is 20.8 Å². The molecule has 0 saturated heterocycles. The Balaban J connectivity index is 1.60. The number of rotatable bonds is 9. The Morgan fingerprint density at radius 3 is 2.64 bits per heavy atom. The normalized spacial score (nSPS) is 13.5. The van der Waals surface area contributed by atoms with Crippen molar-refractivity contribution < 1.29 is 4.79 Å². The predicted molar refractivity (Wildman–Crippen MR) is 164 cm³/mol. The first-order valence-corrected chi connectivity index (χ1v) is 13.8. The Labute approximate surface area is 232 Å². The molecule has 0 aliphatic rings. The summed E-state index contributed by atoms with van der Waals surface area (Å²) < 4.78 is 0. The summed E-state index contributed by atoms with van der Waals surface area (Å²) in [6, 6.07) is 12.4. The number of H-pyrrole nitrogens is 2. The molecule has 5 rings (SSSR count). The highest BCUT2D eigenvalue weighted by molar-refractivity contribution is 7.17. The fourth-order valence-corrected chi connectivity index (χ4v) is 5.76. The first-order chi connectivity index (χ1) is 18.7. The van der Waals surface area contributed by atoms with Gasteiger partial charge < -0.3 is 9.88 Å². The van der Waals surface area contributed by atoms with E-state index in [1.54, 1.807) is 6.92 Å². The molecule has 2 N–H and O–H groups in total. The zero-order valence-electron chi connectivity index (χ0n) is 23.0. The highest BCUT2D eigenvalue weighted by Crippen LogP contribution is 2.37. The van der Waals surface area contributed by atoms with Gasteiger partial charge in [-0.1, -0.05) is 36.8 Å². The number of hydrogen-bond acceptors (Lipinski definition) is 5. The van der Waals surface area contributed by atoms with Crippen molar-refractivity contribution in [1.29, 1.82) is 0 Å². The number of carbonyl (C=O) groups is 1. The van der Waals surface area contributed by atoms with Gasteiger partial charge in [0, 0.05) is 34.0 Å². The van der Waals surface area contributed by atoms with Crippen molar-refractivity contribution in [1.82, 2.24) is 25.1 Å². The van der Waals surface area contributed by atoms with Gasteiger partial charge in [0.05, 0.1) is 27.8 Å². The number of carbonyl (C=O) groups excluding carboxylic acids is 1. The van der Waals surface area contributed by atoms with Crippen molar-refractivity contribution in [2.75, 3.05) is 20.6 Å². The zero-order valence-corrected chi connectivity index (χ0v) is 23.8. The van der Waals surface area contributed by atoms with E-state index in [2.05, 4.69) is 90.9 Å². The Morgan fingerprint density at radius 2 is 1.92 bits per heavy atom. The highest BCUT2D eigenvalue weighted by Gasteiger charge is 2.16. The van der Waals surface area contributed by atoms with Crippen LogP contribution >= 0.6 is 11.3 Å². The number of thiophene rings is 1. The van der Waals surface area contributed by atoms with E-state index in [0.29, 0.717) is 0 Å². The Bertz CT molecular complexity index is 1750. The molecule has 0 spiro atoms. The molecule has 0 bridgehead atoms. The molecular weight excluding hydrogens is 502 g/mol. The van der Waals surface area contributed by atoms with E-state index < -0.39 is 0 Å². The van der Waals surface area contributed by atoms with Crippen molar-refractivity contribution in [3.8, 4) is 21.8 Å². The molecule has 7 heteroatoms. The molecule has 39 heavy (non-hydrogen) atoms. The minimum atomic E-state index is 0.0718. The van der Waals surface area contributed by atoms with E-state index in [1.165, 1.54) is 16.9 Å². The maximum atomic E-state index is 11.9. The van der Waals surface area contributed by atoms with Crippen LogP contribution in [-0.4, -0.2) is 51.5 Å². The number of Topliss-reactive ketones (excluding diaryl/α,β-unsaturated/α-hetero) is 1. The second-order valence-electron chi connectivity index (χ2n) is 10.3. The lowest BCUT2D eigenvalue weighted by molar-refractivity contribution is 0.102. The fourth-order valence-electron chi connectivity index (χ4n) is 4.83. The first kappa shape index (κ1) is 26.5. The van der Waals surface area contributed by atoms with Crippen LogP contribution in [0.1, 0.15) is 36.0 Å². The lowest BCUT2D eigenvalue weighted by Gasteiger charge is -2.12. The number of nitrogens with zero attached hydrogens (tertiary/aromatic N) is 3. The number of aromatic nitrogens is 4. The summed E-state index contributed by atoms with van der Waals surface area (Å²) in [5, 5.41) is 9.98. The number of allylic oxidation sites excluding steroid dienone is 4. The second kappa shape index (κ2) is 11.0. The maximum absolute atomic E-state index is 11.9. The van der Waals surface area contributed by atoms with Crippen LogP contribution in [0.4, 0.5) is 0 Å². The van der Waals surface area contributed by atoms with E-state index in [9.17, 15) is 4.79 Å². The van der Waals surface area contributed by atoms with E-state index in [0.717, 1.165) is 66.2 Å². The summed E-state index contributed by atoms with van der Waals surface area (Å²) >= 11 is 1.49. The highest BCUT2D eigenvalue weighted by atomic mass is 32.1. The molecule has 1 aromatic carbocycles. The Hall–Kier alpha value is -4.07. The van der Waals surface area contributed by atoms with Crippen molar-refractivity contribution in [2.24, 2.45) is 5.92 Å². The minimum absolute atomic E-state index is 0.0718. The summed E-state index contributed by atoms with van der Waals surface area (Å²) in [5.41, 5.74) is 8.24. The molecule has 0 unspecified atom stereocenters. The number of likely N-dealkylation sites (N-methyl/N-ethyl adjacent to an activating group) is 1. The average molecular weight is 536 g/mol. The van der Waals surface area contributed by atoms with Gasteiger partial charge in [0.2, 0.25) is 0 Å². The molecule has 0 amide bonds. The van der Waals surface area contributed by atoms with Crippen LogP contribution in [0, 0.1) is 5.92 Å². The molecule has 4 heterocycles. The number of aromatic amines is 2. The summed E-state index contributed by atoms with van der Waals surface area (Å²) in [4.78, 5) is 23.8. The smallest absolute Gasteiger partial charge is 0.169 e. The van der Waals surface area contributed by atoms with E-state index in [4.69, 9.17) is 5.10 Å². The number of ketones is 1. The Kier molecular flexibility index (Phi) is 7.46. The first-order valence-electron chi connectivity index (χ1n) is 13.0. The zero-order chi connectivity index (χ0) is 27.7. The van der Waals surface area contributed by atoms with Gasteiger partial charge in [-0.15, -0.1) is 17.9 Å². The van der Waals surface area contributed by atoms with Crippen LogP contribution in [0.15, 0.2) is 79.2 Å². The number of fused-ring (bicyclic) bond motifs is 2. The molecule has 0 radical (unpaired) electrons. The molecule has 0 aliphatic carbocycles. The minimum Gasteiger partial charge on any atom is -0.352 e. The van der Waals surface area contributed by atoms with Crippen molar-refractivity contribution in [3.05, 3.63) is 89.6 Å². The summed E-state index contributed by atoms with van der Waals surface area (Å²) in [7, 11) is 4.16. The molecule has 198 valence electrons. The molecule has 5 aromatic rings. The van der Waals surface area contributed by atoms with Gasteiger partial charge in [-0.25, -0.2) is 0 Å². The van der Waals surface area contributed by atoms with Crippen LogP contribution in [0.5, 0.6) is 0 Å². The third kappa shape index (κ3) is 5.55. The van der Waals surface area contributed by atoms with Gasteiger partial charge in [0.25, 0.3) is 0 Å². The lowest BCUT2D eigenvalue weighted by atomic mass is 9.97. The quantitative estimate of drug-likeness (QED) is 0.115. The van der Waals surface area contributed by atoms with Crippen molar-refractivity contribution in [3.63, 3.8) is 0 Å². The van der Waals surface area contributed by atoms with Gasteiger partial charge in [0.1, 0.15) is 5.69 Å². The summed E-state index contributed by atoms with van der Waals surface area (Å²) in [6.45, 7) is 10.8. The van der Waals surface area contributed by atoms with E-state index >= 15 is 0 Å². The molecule has 1 atom stereocenters. The molecule has 0 saturated carbocycles. The Morgan fingerprint density at radius 1 is 1.10 bits per heavy atom. The van der Waals surface area contributed by atoms with Gasteiger partial charge in [-0.3, -0.25) is 14.9 Å². The van der Waals surface area contributed by atoms with Crippen molar-refractivity contribution >= 4 is 44.5 Å². The largest absolute Gasteiger partial charge is 0.352 e. The third-order valence-electron chi connectivity index (χ3n) is 6.70. The third-order valence-corrected chi connectivity index (χ3v) is 7.92. The van der Waals surface area contributed by atoms with Gasteiger partial charge in [-0.05, 0) is 75.3 Å². The average Bonchev–Trinajstić information content (AvgIpc) is 3.64. The predicted octanol–water partition coefficient (Wildman–Crippen LogP) is 7.75. The summed E-state index contributed by atoms with van der Waals surface area (Å²) in [6.07, 6.45) is 10.2. The lowest BCUT2D eigenvalue weighted by Crippen LogP contribution is -2.13. The molecule has 4 aromatic heterocycles. The number of nitrogens with one attached hydrogen (secondary N) is 2. The standard InChI is InChI=1S/C32H33N5OS/c1-7-19(2)12-23(13-20(3)18-37(5)6)22-8-9-27-25(14-22)32(36-35-27)28-15-24-26(16-33-17-29(24)34-28)31-11-10-30(39-31)21(4)38/h7-17,19,34H,1,18H2,2-6H3,(H,35,36)/b20-13+,23-12+/t19-/m0/s1. The van der Waals surface area contributed by atoms with E-state index in [1.807, 2.05) is 30.6 Å². The molecule has 6 nitrogen and oxygen atoms in total. The SMILES string of the molecule is C=C[C@H](C)/C=C(\C=C(/C)CN(C)C)c1ccc2[nH]nc(-c3cc4c(-c5ccc(C(C)=O)s5)cncc4[nH]3)c2c1. The molecular formula is C32H33N5OS. The fraction of sp³-hybridized carbons (Fsp3) is 0.219. The van der Waals surface area contributed by atoms with Crippen LogP contribution in [0.3, 0.4) is 0 Å². The second-order valence-corrected chi connectivity index (χ2v) is 11.4. The van der Waals surface area contributed by atoms with Crippen LogP contribution in [0.25, 0.3) is 49.2 Å². The van der Waals surface area contributed by atoms with Crippen LogP contribution < -0.4 is 0 Å². The van der Waals surface area contributed by atoms with Gasteiger partial charge in [0.15, 0.2) is 5.78 Å². The summed E-state index contributed by atoms with van der Waals surface area (Å²) in [5.74, 6) is 0.311. The number of hydrogen-bond donors (Lipinski definition) is 2. The van der Waals surface area contributed by atoms with Gasteiger partial charge >= 0.3 is 0 Å². The maximum Gasteiger partial charge on any atom is 0.169 e. The van der Waals surface area contributed by atoms with Crippen LogP contribution in [-0.2, 0) is 0 Å². The van der Waals surface area contributed by atoms with Gasteiger partial charge in [-0.2, -0.15) is 5.10 Å². The monoisotopic (exact) mass is 535 g/mol. The van der Waals surface area contributed by atoms with Crippen LogP contribution in [0.2, 0.25) is 0 Å². The van der Waals surface area contributed by atoms with E-state index in [-0.39, 0.29) is 11.7 Å². The number of benzene rings is 1. The molecule has 0 aliphatic heterocycles. The topological polar surface area (TPSA) is 77.7 Å².